The molecule has 1 aromatic carbocycles. The van der Waals surface area contributed by atoms with E-state index in [9.17, 15) is 8.78 Å². The molecule has 1 N–H and O–H groups in total. The first-order valence-electron chi connectivity index (χ1n) is 6.17. The summed E-state index contributed by atoms with van der Waals surface area (Å²) < 4.78 is 31.0. The highest BCUT2D eigenvalue weighted by atomic mass is 19.2. The summed E-state index contributed by atoms with van der Waals surface area (Å²) >= 11 is 0. The molecule has 0 aliphatic rings. The van der Waals surface area contributed by atoms with Crippen LogP contribution >= 0.6 is 0 Å². The van der Waals surface area contributed by atoms with Gasteiger partial charge in [-0.05, 0) is 43.5 Å². The molecule has 1 aromatic rings. The zero-order valence-corrected chi connectivity index (χ0v) is 11.2. The second-order valence-corrected chi connectivity index (χ2v) is 4.73. The normalized spacial score (nSPS) is 14.5. The summed E-state index contributed by atoms with van der Waals surface area (Å²) in [5, 5.41) is 3.20. The molecule has 0 fully saturated rings. The van der Waals surface area contributed by atoms with E-state index in [0.717, 1.165) is 12.0 Å². The largest absolute Gasteiger partial charge is 0.384 e. The maximum atomic E-state index is 13.1. The molecule has 0 aromatic heterocycles. The first kappa shape index (κ1) is 15.1. The van der Waals surface area contributed by atoms with Crippen LogP contribution in [0.15, 0.2) is 18.2 Å². The van der Waals surface area contributed by atoms with Gasteiger partial charge in [0.2, 0.25) is 0 Å². The van der Waals surface area contributed by atoms with Crippen LogP contribution in [0, 0.1) is 17.6 Å². The average Bonchev–Trinajstić information content (AvgIpc) is 2.33. The van der Waals surface area contributed by atoms with E-state index in [-0.39, 0.29) is 6.04 Å². The third kappa shape index (κ3) is 4.70. The Balaban J connectivity index is 2.59. The lowest BCUT2D eigenvalue weighted by Crippen LogP contribution is -2.30. The molecule has 0 bridgehead atoms. The van der Waals surface area contributed by atoms with Gasteiger partial charge in [0, 0.05) is 19.8 Å². The van der Waals surface area contributed by atoms with Gasteiger partial charge < -0.3 is 10.1 Å². The first-order valence-corrected chi connectivity index (χ1v) is 6.17. The quantitative estimate of drug-likeness (QED) is 0.811. The van der Waals surface area contributed by atoms with Gasteiger partial charge >= 0.3 is 0 Å². The molecule has 18 heavy (non-hydrogen) atoms. The van der Waals surface area contributed by atoms with Crippen LogP contribution in [-0.4, -0.2) is 26.8 Å². The van der Waals surface area contributed by atoms with Gasteiger partial charge in [-0.1, -0.05) is 13.0 Å². The molecule has 1 rings (SSSR count). The van der Waals surface area contributed by atoms with Crippen molar-refractivity contribution in [2.45, 2.75) is 25.8 Å². The number of nitrogens with one attached hydrogen (secondary N) is 1. The van der Waals surface area contributed by atoms with Crippen LogP contribution in [0.1, 0.15) is 18.9 Å². The predicted molar refractivity (Wildman–Crippen MR) is 68.6 cm³/mol. The van der Waals surface area contributed by atoms with Gasteiger partial charge in [-0.15, -0.1) is 0 Å². The molecule has 0 radical (unpaired) electrons. The Morgan fingerprint density at radius 1 is 1.28 bits per heavy atom. The molecule has 0 heterocycles. The number of benzene rings is 1. The van der Waals surface area contributed by atoms with Crippen LogP contribution in [0.4, 0.5) is 8.78 Å². The highest BCUT2D eigenvalue weighted by Gasteiger charge is 2.13. The van der Waals surface area contributed by atoms with Crippen molar-refractivity contribution in [3.8, 4) is 0 Å². The highest BCUT2D eigenvalue weighted by Crippen LogP contribution is 2.14. The topological polar surface area (TPSA) is 21.3 Å². The lowest BCUT2D eigenvalue weighted by molar-refractivity contribution is 0.150. The molecule has 2 unspecified atom stereocenters. The van der Waals surface area contributed by atoms with E-state index >= 15 is 0 Å². The van der Waals surface area contributed by atoms with E-state index in [1.807, 2.05) is 7.05 Å². The molecular formula is C14H21F2NO. The van der Waals surface area contributed by atoms with Crippen molar-refractivity contribution in [3.63, 3.8) is 0 Å². The Bertz CT molecular complexity index is 371. The summed E-state index contributed by atoms with van der Waals surface area (Å²) in [5.74, 6) is -1.16. The number of rotatable bonds is 7. The number of ether oxygens (including phenoxy) is 1. The standard InChI is InChI=1S/C14H21F2NO/c1-10(9-18-3)6-12(17-2)7-11-4-5-13(15)14(16)8-11/h4-5,8,10,12,17H,6-7,9H2,1-3H3. The van der Waals surface area contributed by atoms with Crippen molar-refractivity contribution in [2.75, 3.05) is 20.8 Å². The molecule has 0 saturated heterocycles. The van der Waals surface area contributed by atoms with Crippen molar-refractivity contribution in [3.05, 3.63) is 35.4 Å². The van der Waals surface area contributed by atoms with Crippen molar-refractivity contribution < 1.29 is 13.5 Å². The van der Waals surface area contributed by atoms with Gasteiger partial charge in [-0.2, -0.15) is 0 Å². The molecule has 0 saturated carbocycles. The van der Waals surface area contributed by atoms with Crippen molar-refractivity contribution in [1.82, 2.24) is 5.32 Å². The summed E-state index contributed by atoms with van der Waals surface area (Å²) in [6.45, 7) is 2.81. The minimum atomic E-state index is -0.799. The number of likely N-dealkylation sites (N-methyl/N-ethyl adjacent to an activating group) is 1. The second kappa shape index (κ2) is 7.44. The zero-order valence-electron chi connectivity index (χ0n) is 11.2. The van der Waals surface area contributed by atoms with E-state index < -0.39 is 11.6 Å². The minimum Gasteiger partial charge on any atom is -0.384 e. The smallest absolute Gasteiger partial charge is 0.159 e. The first-order chi connectivity index (χ1) is 8.56. The van der Waals surface area contributed by atoms with Crippen molar-refractivity contribution >= 4 is 0 Å². The van der Waals surface area contributed by atoms with Gasteiger partial charge in [0.15, 0.2) is 11.6 Å². The molecule has 0 spiro atoms. The monoisotopic (exact) mass is 257 g/mol. The Morgan fingerprint density at radius 2 is 2.00 bits per heavy atom. The summed E-state index contributed by atoms with van der Waals surface area (Å²) in [5.41, 5.74) is 0.804. The van der Waals surface area contributed by atoms with Crippen LogP contribution in [0.2, 0.25) is 0 Å². The lowest BCUT2D eigenvalue weighted by atomic mass is 9.96. The highest BCUT2D eigenvalue weighted by molar-refractivity contribution is 5.18. The van der Waals surface area contributed by atoms with Gasteiger partial charge in [-0.3, -0.25) is 0 Å². The van der Waals surface area contributed by atoms with E-state index in [2.05, 4.69) is 12.2 Å². The number of hydrogen-bond acceptors (Lipinski definition) is 2. The van der Waals surface area contributed by atoms with Crippen molar-refractivity contribution in [2.24, 2.45) is 5.92 Å². The fraction of sp³-hybridized carbons (Fsp3) is 0.571. The van der Waals surface area contributed by atoms with Gasteiger partial charge in [0.25, 0.3) is 0 Å². The average molecular weight is 257 g/mol. The second-order valence-electron chi connectivity index (χ2n) is 4.73. The van der Waals surface area contributed by atoms with E-state index in [1.165, 1.54) is 12.1 Å². The Labute approximate surface area is 107 Å². The Kier molecular flexibility index (Phi) is 6.22. The van der Waals surface area contributed by atoms with Gasteiger partial charge in [0.1, 0.15) is 0 Å². The molecule has 0 amide bonds. The van der Waals surface area contributed by atoms with Gasteiger partial charge in [-0.25, -0.2) is 8.78 Å². The van der Waals surface area contributed by atoms with E-state index in [4.69, 9.17) is 4.74 Å². The summed E-state index contributed by atoms with van der Waals surface area (Å²) in [6.07, 6.45) is 1.62. The maximum absolute atomic E-state index is 13.1. The molecule has 4 heteroatoms. The van der Waals surface area contributed by atoms with Crippen LogP contribution < -0.4 is 5.32 Å². The van der Waals surface area contributed by atoms with Crippen LogP contribution in [-0.2, 0) is 11.2 Å². The summed E-state index contributed by atoms with van der Waals surface area (Å²) in [4.78, 5) is 0. The number of hydrogen-bond donors (Lipinski definition) is 1. The summed E-state index contributed by atoms with van der Waals surface area (Å²) in [6, 6.07) is 4.31. The number of halogens is 2. The summed E-state index contributed by atoms with van der Waals surface area (Å²) in [7, 11) is 3.56. The van der Waals surface area contributed by atoms with Crippen molar-refractivity contribution in [1.29, 1.82) is 0 Å². The fourth-order valence-corrected chi connectivity index (χ4v) is 2.09. The minimum absolute atomic E-state index is 0.236. The third-order valence-electron chi connectivity index (χ3n) is 3.01. The van der Waals surface area contributed by atoms with Crippen LogP contribution in [0.5, 0.6) is 0 Å². The van der Waals surface area contributed by atoms with E-state index in [0.29, 0.717) is 18.9 Å². The Morgan fingerprint density at radius 3 is 2.56 bits per heavy atom. The van der Waals surface area contributed by atoms with Gasteiger partial charge in [0.05, 0.1) is 0 Å². The molecule has 0 aliphatic heterocycles. The zero-order chi connectivity index (χ0) is 13.5. The molecule has 102 valence electrons. The molecular weight excluding hydrogens is 236 g/mol. The van der Waals surface area contributed by atoms with E-state index in [1.54, 1.807) is 13.2 Å². The molecule has 0 aliphatic carbocycles. The van der Waals surface area contributed by atoms with Crippen LogP contribution in [0.25, 0.3) is 0 Å². The lowest BCUT2D eigenvalue weighted by Gasteiger charge is -2.20. The third-order valence-corrected chi connectivity index (χ3v) is 3.01. The Hall–Kier alpha value is -1.00. The molecule has 2 atom stereocenters. The molecule has 2 nitrogen and oxygen atoms in total. The fourth-order valence-electron chi connectivity index (χ4n) is 2.09. The SMILES string of the molecule is CNC(Cc1ccc(F)c(F)c1)CC(C)COC. The number of methoxy groups -OCH3 is 1. The predicted octanol–water partition coefficient (Wildman–Crippen LogP) is 2.77. The van der Waals surface area contributed by atoms with Crippen LogP contribution in [0.3, 0.4) is 0 Å². The maximum Gasteiger partial charge on any atom is 0.159 e.